The van der Waals surface area contributed by atoms with E-state index in [1.54, 1.807) is 0 Å². The number of carbonyl (C=O) groups is 5. The number of imidazole rings is 1. The van der Waals surface area contributed by atoms with Gasteiger partial charge < -0.3 is 48.3 Å². The van der Waals surface area contributed by atoms with Crippen LogP contribution in [0.25, 0.3) is 0 Å². The fraction of sp³-hybridized carbons (Fsp3) is 0.526. The van der Waals surface area contributed by atoms with E-state index in [1.165, 1.54) is 19.4 Å². The Kier molecular flexibility index (Phi) is 11.6. The monoisotopic (exact) mass is 497 g/mol. The molecule has 1 aromatic rings. The van der Waals surface area contributed by atoms with Crippen LogP contribution in [0.1, 0.15) is 31.9 Å². The number of amides is 3. The Bertz CT molecular complexity index is 916. The third-order valence-corrected chi connectivity index (χ3v) is 4.66. The van der Waals surface area contributed by atoms with Gasteiger partial charge in [-0.1, -0.05) is 0 Å². The minimum Gasteiger partial charge on any atom is -0.481 e. The maximum Gasteiger partial charge on any atom is 0.326 e. The number of nitrogens with zero attached hydrogens (tertiary/aromatic N) is 2. The van der Waals surface area contributed by atoms with Crippen molar-refractivity contribution >= 4 is 35.6 Å². The second-order valence-electron chi connectivity index (χ2n) is 7.63. The van der Waals surface area contributed by atoms with Crippen molar-refractivity contribution in [3.8, 4) is 0 Å². The zero-order chi connectivity index (χ0) is 26.5. The Morgan fingerprint density at radius 1 is 1.06 bits per heavy atom. The number of nitrogens with one attached hydrogen (secondary N) is 4. The van der Waals surface area contributed by atoms with E-state index >= 15 is 0 Å². The molecule has 194 valence electrons. The Balaban J connectivity index is 2.81. The lowest BCUT2D eigenvalue weighted by Gasteiger charge is -2.23. The van der Waals surface area contributed by atoms with Gasteiger partial charge in [0.2, 0.25) is 17.7 Å². The summed E-state index contributed by atoms with van der Waals surface area (Å²) in [5.41, 5.74) is 17.0. The summed E-state index contributed by atoms with van der Waals surface area (Å²) in [7, 11) is 0. The average Bonchev–Trinajstić information content (AvgIpc) is 3.27. The normalized spacial score (nSPS) is 14.0. The first kappa shape index (κ1) is 28.8. The van der Waals surface area contributed by atoms with E-state index in [2.05, 4.69) is 30.9 Å². The van der Waals surface area contributed by atoms with Crippen LogP contribution < -0.4 is 33.2 Å². The molecule has 0 saturated carbocycles. The summed E-state index contributed by atoms with van der Waals surface area (Å²) in [5, 5.41) is 25.0. The van der Waals surface area contributed by atoms with Gasteiger partial charge >= 0.3 is 11.9 Å². The SMILES string of the molecule is CC(NC(=O)C(N)Cc1cnc[nH]1)C(=O)NC(CCCN=C(N)N)C(=O)NC(CC(=O)O)C(=O)O. The maximum atomic E-state index is 12.6. The molecule has 4 atom stereocenters. The van der Waals surface area contributed by atoms with Crippen LogP contribution in [0.15, 0.2) is 17.5 Å². The van der Waals surface area contributed by atoms with Crippen molar-refractivity contribution in [3.63, 3.8) is 0 Å². The summed E-state index contributed by atoms with van der Waals surface area (Å²) in [5.74, 6) is -5.47. The summed E-state index contributed by atoms with van der Waals surface area (Å²) in [4.78, 5) is 70.2. The Hall–Kier alpha value is -4.21. The van der Waals surface area contributed by atoms with E-state index in [9.17, 15) is 24.0 Å². The molecule has 16 nitrogen and oxygen atoms in total. The molecule has 16 heteroatoms. The molecule has 1 heterocycles. The van der Waals surface area contributed by atoms with Crippen molar-refractivity contribution in [3.05, 3.63) is 18.2 Å². The van der Waals surface area contributed by atoms with E-state index in [0.29, 0.717) is 5.69 Å². The van der Waals surface area contributed by atoms with Gasteiger partial charge in [-0.25, -0.2) is 9.78 Å². The molecule has 0 aliphatic heterocycles. The number of aliphatic imine (C=N–C) groups is 1. The highest BCUT2D eigenvalue weighted by molar-refractivity contribution is 5.94. The molecule has 12 N–H and O–H groups in total. The third kappa shape index (κ3) is 11.0. The average molecular weight is 498 g/mol. The van der Waals surface area contributed by atoms with Crippen LogP contribution in [0.5, 0.6) is 0 Å². The van der Waals surface area contributed by atoms with Crippen LogP contribution in [0.3, 0.4) is 0 Å². The zero-order valence-electron chi connectivity index (χ0n) is 19.1. The fourth-order valence-electron chi connectivity index (χ4n) is 2.83. The summed E-state index contributed by atoms with van der Waals surface area (Å²) in [6, 6.07) is -5.05. The van der Waals surface area contributed by atoms with Gasteiger partial charge in [0.25, 0.3) is 0 Å². The number of carbonyl (C=O) groups excluding carboxylic acids is 3. The lowest BCUT2D eigenvalue weighted by Crippen LogP contribution is -2.56. The van der Waals surface area contributed by atoms with Crippen LogP contribution in [0, 0.1) is 0 Å². The quantitative estimate of drug-likeness (QED) is 0.0647. The van der Waals surface area contributed by atoms with Crippen molar-refractivity contribution in [2.75, 3.05) is 6.54 Å². The number of aliphatic carboxylic acids is 2. The Morgan fingerprint density at radius 3 is 2.26 bits per heavy atom. The molecular formula is C19H31N9O7. The van der Waals surface area contributed by atoms with Crippen LogP contribution in [0.2, 0.25) is 0 Å². The number of aromatic nitrogens is 2. The Labute approximate surface area is 200 Å². The fourth-order valence-corrected chi connectivity index (χ4v) is 2.83. The van der Waals surface area contributed by atoms with E-state index in [1.807, 2.05) is 0 Å². The molecule has 35 heavy (non-hydrogen) atoms. The molecule has 0 saturated heterocycles. The molecule has 0 aliphatic carbocycles. The number of carboxylic acids is 2. The third-order valence-electron chi connectivity index (χ3n) is 4.66. The van der Waals surface area contributed by atoms with Crippen LogP contribution in [0.4, 0.5) is 0 Å². The molecule has 0 aromatic carbocycles. The van der Waals surface area contributed by atoms with Gasteiger partial charge in [0.15, 0.2) is 5.96 Å². The predicted octanol–water partition coefficient (Wildman–Crippen LogP) is -3.63. The van der Waals surface area contributed by atoms with E-state index in [0.717, 1.165) is 0 Å². The van der Waals surface area contributed by atoms with Gasteiger partial charge in [-0.2, -0.15) is 0 Å². The second kappa shape index (κ2) is 14.1. The highest BCUT2D eigenvalue weighted by Gasteiger charge is 2.29. The topological polar surface area (TPSA) is 281 Å². The second-order valence-corrected chi connectivity index (χ2v) is 7.63. The van der Waals surface area contributed by atoms with Crippen molar-refractivity contribution < 1.29 is 34.2 Å². The highest BCUT2D eigenvalue weighted by atomic mass is 16.4. The number of rotatable bonds is 15. The largest absolute Gasteiger partial charge is 0.481 e. The number of guanidine groups is 1. The maximum absolute atomic E-state index is 12.6. The first-order valence-electron chi connectivity index (χ1n) is 10.5. The number of nitrogens with two attached hydrogens (primary N) is 3. The number of hydrogen-bond donors (Lipinski definition) is 9. The highest BCUT2D eigenvalue weighted by Crippen LogP contribution is 2.03. The van der Waals surface area contributed by atoms with Gasteiger partial charge in [-0.15, -0.1) is 0 Å². The van der Waals surface area contributed by atoms with E-state index in [4.69, 9.17) is 27.4 Å². The molecule has 0 fully saturated rings. The smallest absolute Gasteiger partial charge is 0.326 e. The van der Waals surface area contributed by atoms with E-state index in [-0.39, 0.29) is 31.8 Å². The lowest BCUT2D eigenvalue weighted by molar-refractivity contribution is -0.147. The molecule has 0 spiro atoms. The molecule has 0 aliphatic rings. The Morgan fingerprint density at radius 2 is 1.71 bits per heavy atom. The van der Waals surface area contributed by atoms with Crippen LogP contribution in [-0.4, -0.2) is 86.5 Å². The van der Waals surface area contributed by atoms with Crippen molar-refractivity contribution in [1.82, 2.24) is 25.9 Å². The number of H-pyrrole nitrogens is 1. The lowest BCUT2D eigenvalue weighted by atomic mass is 10.1. The molecule has 1 rings (SSSR count). The van der Waals surface area contributed by atoms with Gasteiger partial charge in [-0.3, -0.25) is 24.2 Å². The summed E-state index contributed by atoms with van der Waals surface area (Å²) < 4.78 is 0. The first-order chi connectivity index (χ1) is 16.4. The zero-order valence-corrected chi connectivity index (χ0v) is 19.1. The number of carboxylic acid groups (broad SMARTS) is 2. The number of aromatic amines is 1. The van der Waals surface area contributed by atoms with Crippen molar-refractivity contribution in [1.29, 1.82) is 0 Å². The summed E-state index contributed by atoms with van der Waals surface area (Å²) in [6.45, 7) is 1.49. The molecule has 3 amide bonds. The summed E-state index contributed by atoms with van der Waals surface area (Å²) in [6.07, 6.45) is 2.44. The molecule has 0 bridgehead atoms. The minimum atomic E-state index is -1.71. The number of hydrogen-bond acceptors (Lipinski definition) is 8. The van der Waals surface area contributed by atoms with Gasteiger partial charge in [0.1, 0.15) is 18.1 Å². The van der Waals surface area contributed by atoms with Crippen LogP contribution in [-0.2, 0) is 30.4 Å². The standard InChI is InChI=1S/C19H31N9O7/c1-9(26-16(32)11(20)5-10-7-23-8-25-10)15(31)27-12(3-2-4-24-19(21)22)17(33)28-13(18(34)35)6-14(29)30/h7-9,11-13H,2-6,20H2,1H3,(H,23,25)(H,26,32)(H,27,31)(H,28,33)(H,29,30)(H,34,35)(H4,21,22,24). The molecular weight excluding hydrogens is 466 g/mol. The predicted molar refractivity (Wildman–Crippen MR) is 122 cm³/mol. The van der Waals surface area contributed by atoms with Crippen LogP contribution >= 0.6 is 0 Å². The van der Waals surface area contributed by atoms with Crippen molar-refractivity contribution in [2.24, 2.45) is 22.2 Å². The van der Waals surface area contributed by atoms with Gasteiger partial charge in [-0.05, 0) is 19.8 Å². The first-order valence-corrected chi connectivity index (χ1v) is 10.5. The molecule has 1 aromatic heterocycles. The summed E-state index contributed by atoms with van der Waals surface area (Å²) >= 11 is 0. The van der Waals surface area contributed by atoms with Gasteiger partial charge in [0.05, 0.1) is 18.8 Å². The van der Waals surface area contributed by atoms with Gasteiger partial charge in [0, 0.05) is 24.9 Å². The molecule has 4 unspecified atom stereocenters. The molecule has 0 radical (unpaired) electrons. The minimum absolute atomic E-state index is 0.00618. The van der Waals surface area contributed by atoms with Crippen molar-refractivity contribution in [2.45, 2.75) is 56.8 Å². The van der Waals surface area contributed by atoms with E-state index < -0.39 is 60.2 Å².